The molecule has 6 heteroatoms. The number of methoxy groups -OCH3 is 1. The molecule has 2 heterocycles. The van der Waals surface area contributed by atoms with Gasteiger partial charge in [0.05, 0.1) is 20.1 Å². The first-order valence-electron chi connectivity index (χ1n) is 9.03. The van der Waals surface area contributed by atoms with Crippen LogP contribution in [-0.4, -0.2) is 22.7 Å². The van der Waals surface area contributed by atoms with Crippen molar-refractivity contribution in [2.75, 3.05) is 7.11 Å². The molecule has 0 unspecified atom stereocenters. The smallest absolute Gasteiger partial charge is 0.224 e. The molecule has 0 atom stereocenters. The Morgan fingerprint density at radius 3 is 2.75 bits per heavy atom. The number of rotatable bonds is 6. The molecule has 0 aliphatic carbocycles. The molecule has 2 aromatic carbocycles. The van der Waals surface area contributed by atoms with E-state index in [0.29, 0.717) is 24.4 Å². The number of para-hydroxylation sites is 1. The minimum atomic E-state index is -0.0506. The van der Waals surface area contributed by atoms with Crippen molar-refractivity contribution in [3.05, 3.63) is 72.1 Å². The number of aryl methyl sites for hydroxylation is 1. The van der Waals surface area contributed by atoms with Crippen LogP contribution >= 0.6 is 0 Å². The molecule has 0 radical (unpaired) electrons. The molecule has 0 saturated heterocycles. The van der Waals surface area contributed by atoms with Crippen LogP contribution in [0.25, 0.3) is 22.2 Å². The van der Waals surface area contributed by atoms with E-state index in [2.05, 4.69) is 10.5 Å². The zero-order valence-corrected chi connectivity index (χ0v) is 15.8. The number of carbonyl (C=O) groups is 1. The predicted octanol–water partition coefficient (Wildman–Crippen LogP) is 3.70. The van der Waals surface area contributed by atoms with Crippen molar-refractivity contribution in [2.45, 2.75) is 13.0 Å². The second kappa shape index (κ2) is 7.60. The Balaban J connectivity index is 1.39. The number of aromatic nitrogens is 2. The van der Waals surface area contributed by atoms with E-state index in [4.69, 9.17) is 9.26 Å². The van der Waals surface area contributed by atoms with Crippen LogP contribution in [0, 0.1) is 0 Å². The monoisotopic (exact) mass is 375 g/mol. The summed E-state index contributed by atoms with van der Waals surface area (Å²) in [4.78, 5) is 12.4. The third kappa shape index (κ3) is 3.62. The number of fused-ring (bicyclic) bond motifs is 1. The molecule has 0 fully saturated rings. The Hall–Kier alpha value is -3.54. The van der Waals surface area contributed by atoms with Gasteiger partial charge in [0.25, 0.3) is 0 Å². The SMILES string of the molecule is COc1ccc(-c2cc(CNC(=O)Cc3cn(C)c4ccccc34)no2)cc1. The molecule has 0 bridgehead atoms. The molecule has 0 aliphatic rings. The molecule has 4 rings (SSSR count). The molecule has 0 aliphatic heterocycles. The maximum absolute atomic E-state index is 12.4. The zero-order chi connectivity index (χ0) is 19.5. The molecule has 0 spiro atoms. The van der Waals surface area contributed by atoms with Crippen molar-refractivity contribution in [1.29, 1.82) is 0 Å². The van der Waals surface area contributed by atoms with E-state index in [1.807, 2.05) is 72.4 Å². The molecule has 6 nitrogen and oxygen atoms in total. The lowest BCUT2D eigenvalue weighted by molar-refractivity contribution is -0.120. The van der Waals surface area contributed by atoms with Crippen LogP contribution in [0.2, 0.25) is 0 Å². The number of nitrogens with zero attached hydrogens (tertiary/aromatic N) is 2. The Labute approximate surface area is 162 Å². The van der Waals surface area contributed by atoms with Crippen molar-refractivity contribution < 1.29 is 14.1 Å². The summed E-state index contributed by atoms with van der Waals surface area (Å²) in [5, 5.41) is 8.06. The van der Waals surface area contributed by atoms with E-state index in [1.54, 1.807) is 7.11 Å². The minimum Gasteiger partial charge on any atom is -0.497 e. The van der Waals surface area contributed by atoms with Gasteiger partial charge in [-0.2, -0.15) is 0 Å². The van der Waals surface area contributed by atoms with Gasteiger partial charge in [0.1, 0.15) is 11.4 Å². The summed E-state index contributed by atoms with van der Waals surface area (Å²) < 4.78 is 12.6. The van der Waals surface area contributed by atoms with Crippen LogP contribution in [0.3, 0.4) is 0 Å². The van der Waals surface area contributed by atoms with E-state index in [0.717, 1.165) is 27.8 Å². The zero-order valence-electron chi connectivity index (χ0n) is 15.8. The summed E-state index contributed by atoms with van der Waals surface area (Å²) in [6.07, 6.45) is 2.33. The number of nitrogens with one attached hydrogen (secondary N) is 1. The number of hydrogen-bond acceptors (Lipinski definition) is 4. The molecular weight excluding hydrogens is 354 g/mol. The summed E-state index contributed by atoms with van der Waals surface area (Å²) in [7, 11) is 3.61. The maximum atomic E-state index is 12.4. The fraction of sp³-hybridized carbons (Fsp3) is 0.182. The average molecular weight is 375 g/mol. The van der Waals surface area contributed by atoms with Gasteiger partial charge in [0.2, 0.25) is 5.91 Å². The van der Waals surface area contributed by atoms with Gasteiger partial charge in [-0.15, -0.1) is 0 Å². The van der Waals surface area contributed by atoms with Crippen molar-refractivity contribution in [3.63, 3.8) is 0 Å². The summed E-state index contributed by atoms with van der Waals surface area (Å²) in [6, 6.07) is 17.4. The Morgan fingerprint density at radius 1 is 1.18 bits per heavy atom. The fourth-order valence-electron chi connectivity index (χ4n) is 3.28. The van der Waals surface area contributed by atoms with Gasteiger partial charge in [0, 0.05) is 35.8 Å². The summed E-state index contributed by atoms with van der Waals surface area (Å²) >= 11 is 0. The first-order valence-corrected chi connectivity index (χ1v) is 9.03. The van der Waals surface area contributed by atoms with Gasteiger partial charge in [-0.05, 0) is 35.9 Å². The molecule has 28 heavy (non-hydrogen) atoms. The summed E-state index contributed by atoms with van der Waals surface area (Å²) in [6.45, 7) is 0.323. The van der Waals surface area contributed by atoms with Crippen LogP contribution in [0.1, 0.15) is 11.3 Å². The van der Waals surface area contributed by atoms with Crippen LogP contribution in [0.15, 0.2) is 65.3 Å². The molecule has 2 aromatic heterocycles. The lowest BCUT2D eigenvalue weighted by atomic mass is 10.1. The lowest BCUT2D eigenvalue weighted by Crippen LogP contribution is -2.24. The largest absolute Gasteiger partial charge is 0.497 e. The summed E-state index contributed by atoms with van der Waals surface area (Å²) in [5.74, 6) is 1.38. The van der Waals surface area contributed by atoms with Crippen LogP contribution < -0.4 is 10.1 Å². The average Bonchev–Trinajstić information content (AvgIpc) is 3.32. The van der Waals surface area contributed by atoms with Crippen LogP contribution in [0.4, 0.5) is 0 Å². The first kappa shape index (κ1) is 17.9. The third-order valence-corrected chi connectivity index (χ3v) is 4.73. The highest BCUT2D eigenvalue weighted by Gasteiger charge is 2.12. The molecule has 1 amide bonds. The van der Waals surface area contributed by atoms with E-state index >= 15 is 0 Å². The minimum absolute atomic E-state index is 0.0506. The highest BCUT2D eigenvalue weighted by atomic mass is 16.5. The number of hydrogen-bond donors (Lipinski definition) is 1. The Morgan fingerprint density at radius 2 is 1.96 bits per heavy atom. The normalized spacial score (nSPS) is 10.9. The topological polar surface area (TPSA) is 69.3 Å². The quantitative estimate of drug-likeness (QED) is 0.558. The van der Waals surface area contributed by atoms with Gasteiger partial charge in [-0.25, -0.2) is 0 Å². The Kier molecular flexibility index (Phi) is 4.85. The number of carbonyl (C=O) groups excluding carboxylic acids is 1. The fourth-order valence-corrected chi connectivity index (χ4v) is 3.28. The van der Waals surface area contributed by atoms with Gasteiger partial charge in [0.15, 0.2) is 5.76 Å². The number of benzene rings is 2. The van der Waals surface area contributed by atoms with Gasteiger partial charge >= 0.3 is 0 Å². The third-order valence-electron chi connectivity index (χ3n) is 4.73. The van der Waals surface area contributed by atoms with Gasteiger partial charge in [-0.1, -0.05) is 23.4 Å². The molecule has 142 valence electrons. The second-order valence-corrected chi connectivity index (χ2v) is 6.65. The van der Waals surface area contributed by atoms with E-state index < -0.39 is 0 Å². The number of ether oxygens (including phenoxy) is 1. The summed E-state index contributed by atoms with van der Waals surface area (Å²) in [5.41, 5.74) is 3.71. The van der Waals surface area contributed by atoms with E-state index in [-0.39, 0.29) is 5.91 Å². The highest BCUT2D eigenvalue weighted by molar-refractivity contribution is 5.89. The van der Waals surface area contributed by atoms with Crippen molar-refractivity contribution in [2.24, 2.45) is 7.05 Å². The molecular formula is C22H21N3O3. The molecule has 4 aromatic rings. The first-order chi connectivity index (χ1) is 13.6. The second-order valence-electron chi connectivity index (χ2n) is 6.65. The Bertz CT molecular complexity index is 1110. The van der Waals surface area contributed by atoms with Crippen molar-refractivity contribution >= 4 is 16.8 Å². The van der Waals surface area contributed by atoms with Gasteiger partial charge < -0.3 is 19.1 Å². The standard InChI is InChI=1S/C22H21N3O3/c1-25-14-16(19-5-3-4-6-20(19)25)11-22(26)23-13-17-12-21(28-24-17)15-7-9-18(27-2)10-8-15/h3-10,12,14H,11,13H2,1-2H3,(H,23,26). The van der Waals surface area contributed by atoms with Crippen molar-refractivity contribution in [3.8, 4) is 17.1 Å². The van der Waals surface area contributed by atoms with Crippen LogP contribution in [-0.2, 0) is 24.8 Å². The molecule has 0 saturated carbocycles. The van der Waals surface area contributed by atoms with Crippen molar-refractivity contribution in [1.82, 2.24) is 15.0 Å². The van der Waals surface area contributed by atoms with Gasteiger partial charge in [-0.3, -0.25) is 4.79 Å². The molecule has 1 N–H and O–H groups in total. The van der Waals surface area contributed by atoms with E-state index in [1.165, 1.54) is 0 Å². The lowest BCUT2D eigenvalue weighted by Gasteiger charge is -2.02. The highest BCUT2D eigenvalue weighted by Crippen LogP contribution is 2.23. The van der Waals surface area contributed by atoms with Crippen LogP contribution in [0.5, 0.6) is 5.75 Å². The van der Waals surface area contributed by atoms with E-state index in [9.17, 15) is 4.79 Å². The number of amides is 1. The predicted molar refractivity (Wildman–Crippen MR) is 107 cm³/mol. The maximum Gasteiger partial charge on any atom is 0.224 e.